The summed E-state index contributed by atoms with van der Waals surface area (Å²) < 4.78 is 12.8. The zero-order chi connectivity index (χ0) is 26.0. The van der Waals surface area contributed by atoms with Crippen molar-refractivity contribution in [3.8, 4) is 0 Å². The molecule has 0 amide bonds. The second-order valence-electron chi connectivity index (χ2n) is 11.5. The van der Waals surface area contributed by atoms with Crippen LogP contribution in [0.5, 0.6) is 0 Å². The zero-order valence-corrected chi connectivity index (χ0v) is 22.8. The van der Waals surface area contributed by atoms with Gasteiger partial charge in [0.1, 0.15) is 5.76 Å². The fourth-order valence-electron chi connectivity index (χ4n) is 6.97. The Morgan fingerprint density at radius 3 is 2.61 bits per heavy atom. The van der Waals surface area contributed by atoms with Gasteiger partial charge < -0.3 is 24.4 Å². The van der Waals surface area contributed by atoms with E-state index in [1.165, 1.54) is 16.8 Å². The van der Waals surface area contributed by atoms with Gasteiger partial charge in [-0.2, -0.15) is 0 Å². The third kappa shape index (κ3) is 4.35. The first-order chi connectivity index (χ1) is 18.5. The first-order valence-corrected chi connectivity index (χ1v) is 14.5. The van der Waals surface area contributed by atoms with E-state index in [1.54, 1.807) is 0 Å². The molecule has 2 saturated carbocycles. The van der Waals surface area contributed by atoms with Gasteiger partial charge in [0.2, 0.25) is 0 Å². The van der Waals surface area contributed by atoms with Gasteiger partial charge in [0.25, 0.3) is 0 Å². The van der Waals surface area contributed by atoms with Crippen molar-refractivity contribution in [1.29, 1.82) is 0 Å². The molecular formula is C30H32Cl2N2O4. The van der Waals surface area contributed by atoms with Crippen LogP contribution in [0.15, 0.2) is 47.9 Å². The first kappa shape index (κ1) is 24.6. The lowest BCUT2D eigenvalue weighted by Crippen LogP contribution is -2.39. The van der Waals surface area contributed by atoms with Crippen LogP contribution in [0.4, 0.5) is 11.4 Å². The number of ether oxygens (including phenoxy) is 2. The second-order valence-corrected chi connectivity index (χ2v) is 12.3. The molecule has 2 heterocycles. The van der Waals surface area contributed by atoms with E-state index in [0.29, 0.717) is 47.7 Å². The van der Waals surface area contributed by atoms with Crippen LogP contribution in [0.2, 0.25) is 10.0 Å². The minimum absolute atomic E-state index is 0.224. The lowest BCUT2D eigenvalue weighted by Gasteiger charge is -2.34. The Kier molecular flexibility index (Phi) is 6.25. The Balaban J connectivity index is 1.03. The Labute approximate surface area is 233 Å². The number of piperidine rings is 1. The molecule has 2 aromatic rings. The number of aliphatic carboxylic acids is 1. The molecule has 5 aliphatic rings. The van der Waals surface area contributed by atoms with E-state index in [1.807, 2.05) is 18.2 Å². The van der Waals surface area contributed by atoms with Gasteiger partial charge in [-0.25, -0.2) is 0 Å². The summed E-state index contributed by atoms with van der Waals surface area (Å²) in [5.74, 6) is 1.09. The van der Waals surface area contributed by atoms with Crippen molar-refractivity contribution in [2.45, 2.75) is 57.1 Å². The number of fused-ring (bicyclic) bond motifs is 3. The van der Waals surface area contributed by atoms with Gasteiger partial charge in [-0.3, -0.25) is 4.79 Å². The molecule has 0 radical (unpaired) electrons. The van der Waals surface area contributed by atoms with E-state index < -0.39 is 5.97 Å². The molecule has 1 saturated heterocycles. The monoisotopic (exact) mass is 554 g/mol. The number of aryl methyl sites for hydroxylation is 1. The van der Waals surface area contributed by atoms with Gasteiger partial charge in [-0.05, 0) is 80.3 Å². The number of benzene rings is 2. The summed E-state index contributed by atoms with van der Waals surface area (Å²) in [6.45, 7) is 1.92. The SMILES string of the molecule is O=C(O)[C@H]1CCc2cc(N3C[C@@H]4C[C@H]3C[C@H]4OCC3=C(C4CC4)OCN3c3c(Cl)cccc3Cl)ccc2C1. The zero-order valence-electron chi connectivity index (χ0n) is 21.2. The number of hydrogen-bond acceptors (Lipinski definition) is 5. The first-order valence-electron chi connectivity index (χ1n) is 13.8. The molecule has 2 aliphatic heterocycles. The summed E-state index contributed by atoms with van der Waals surface area (Å²) in [6.07, 6.45) is 6.92. The highest BCUT2D eigenvalue weighted by atomic mass is 35.5. The van der Waals surface area contributed by atoms with Gasteiger partial charge in [-0.1, -0.05) is 35.3 Å². The van der Waals surface area contributed by atoms with Crippen LogP contribution in [-0.4, -0.2) is 43.1 Å². The molecule has 8 heteroatoms. The van der Waals surface area contributed by atoms with Crippen molar-refractivity contribution < 1.29 is 19.4 Å². The van der Waals surface area contributed by atoms with E-state index in [9.17, 15) is 9.90 Å². The number of anilines is 2. The molecule has 38 heavy (non-hydrogen) atoms. The molecule has 6 nitrogen and oxygen atoms in total. The molecule has 0 aromatic heterocycles. The number of halogens is 2. The minimum Gasteiger partial charge on any atom is -0.481 e. The highest BCUT2D eigenvalue weighted by molar-refractivity contribution is 6.39. The molecular weight excluding hydrogens is 523 g/mol. The average molecular weight is 556 g/mol. The summed E-state index contributed by atoms with van der Waals surface area (Å²) >= 11 is 13.1. The Bertz CT molecular complexity index is 1290. The third-order valence-corrected chi connectivity index (χ3v) is 9.74. The maximum absolute atomic E-state index is 11.4. The van der Waals surface area contributed by atoms with Gasteiger partial charge in [0.15, 0.2) is 6.73 Å². The van der Waals surface area contributed by atoms with Crippen molar-refractivity contribution in [1.82, 2.24) is 0 Å². The number of carbonyl (C=O) groups is 1. The Morgan fingerprint density at radius 2 is 1.89 bits per heavy atom. The van der Waals surface area contributed by atoms with Crippen molar-refractivity contribution in [3.05, 3.63) is 69.0 Å². The maximum atomic E-state index is 11.4. The van der Waals surface area contributed by atoms with E-state index >= 15 is 0 Å². The summed E-state index contributed by atoms with van der Waals surface area (Å²) in [4.78, 5) is 16.1. The predicted molar refractivity (Wildman–Crippen MR) is 148 cm³/mol. The number of para-hydroxylation sites is 1. The van der Waals surface area contributed by atoms with Crippen molar-refractivity contribution in [3.63, 3.8) is 0 Å². The van der Waals surface area contributed by atoms with E-state index in [-0.39, 0.29) is 12.0 Å². The number of nitrogens with zero attached hydrogens (tertiary/aromatic N) is 2. The summed E-state index contributed by atoms with van der Waals surface area (Å²) in [5, 5.41) is 10.6. The highest BCUT2D eigenvalue weighted by Gasteiger charge is 2.46. The van der Waals surface area contributed by atoms with E-state index in [2.05, 4.69) is 28.0 Å². The van der Waals surface area contributed by atoms with Crippen LogP contribution >= 0.6 is 23.2 Å². The van der Waals surface area contributed by atoms with Gasteiger partial charge in [0.05, 0.1) is 40.1 Å². The third-order valence-electron chi connectivity index (χ3n) is 9.13. The Morgan fingerprint density at radius 1 is 1.08 bits per heavy atom. The van der Waals surface area contributed by atoms with E-state index in [0.717, 1.165) is 62.2 Å². The predicted octanol–water partition coefficient (Wildman–Crippen LogP) is 6.28. The average Bonchev–Trinajstić information content (AvgIpc) is 3.36. The molecule has 2 aromatic carbocycles. The number of carboxylic acid groups (broad SMARTS) is 1. The summed E-state index contributed by atoms with van der Waals surface area (Å²) in [6, 6.07) is 12.7. The molecule has 3 aliphatic carbocycles. The summed E-state index contributed by atoms with van der Waals surface area (Å²) in [5.41, 5.74) is 5.64. The Hall–Kier alpha value is -2.41. The smallest absolute Gasteiger partial charge is 0.306 e. The van der Waals surface area contributed by atoms with Crippen molar-refractivity contribution in [2.75, 3.05) is 29.7 Å². The maximum Gasteiger partial charge on any atom is 0.306 e. The van der Waals surface area contributed by atoms with Gasteiger partial charge in [0, 0.05) is 30.1 Å². The minimum atomic E-state index is -0.676. The van der Waals surface area contributed by atoms with Crippen LogP contribution in [0.3, 0.4) is 0 Å². The topological polar surface area (TPSA) is 62.2 Å². The van der Waals surface area contributed by atoms with Crippen LogP contribution in [0, 0.1) is 17.8 Å². The molecule has 7 rings (SSSR count). The fraction of sp³-hybridized carbons (Fsp3) is 0.500. The highest BCUT2D eigenvalue weighted by Crippen LogP contribution is 2.47. The number of allylic oxidation sites excluding steroid dienone is 1. The molecule has 0 unspecified atom stereocenters. The quantitative estimate of drug-likeness (QED) is 0.434. The lowest BCUT2D eigenvalue weighted by molar-refractivity contribution is -0.142. The molecule has 0 spiro atoms. The van der Waals surface area contributed by atoms with Crippen LogP contribution in [0.25, 0.3) is 0 Å². The normalized spacial score (nSPS) is 28.2. The van der Waals surface area contributed by atoms with Crippen LogP contribution < -0.4 is 9.80 Å². The molecule has 4 atom stereocenters. The number of carboxylic acids is 1. The van der Waals surface area contributed by atoms with Crippen molar-refractivity contribution >= 4 is 40.5 Å². The number of hydrogen-bond donors (Lipinski definition) is 1. The molecule has 200 valence electrons. The molecule has 2 bridgehead atoms. The lowest BCUT2D eigenvalue weighted by atomic mass is 9.83. The summed E-state index contributed by atoms with van der Waals surface area (Å²) in [7, 11) is 0. The second kappa shape index (κ2) is 9.65. The van der Waals surface area contributed by atoms with Crippen LogP contribution in [0.1, 0.15) is 43.2 Å². The standard InChI is InChI=1S/C30H32Cl2N2O4/c31-24-2-1-3-25(32)28(24)34-16-38-29(17-4-5-17)26(34)15-37-27-13-23-12-21(27)14-33(23)22-9-8-18-10-20(30(35)36)7-6-19(18)11-22/h1-3,8-9,11,17,20-21,23,27H,4-7,10,12-16H2,(H,35,36)/t20-,21-,23-,27+/m0/s1. The van der Waals surface area contributed by atoms with Gasteiger partial charge in [-0.15, -0.1) is 0 Å². The molecule has 3 fully saturated rings. The largest absolute Gasteiger partial charge is 0.481 e. The van der Waals surface area contributed by atoms with Gasteiger partial charge >= 0.3 is 5.97 Å². The number of rotatable bonds is 7. The van der Waals surface area contributed by atoms with E-state index in [4.69, 9.17) is 32.7 Å². The van der Waals surface area contributed by atoms with Crippen molar-refractivity contribution in [2.24, 2.45) is 17.8 Å². The molecule has 1 N–H and O–H groups in total. The fourth-order valence-corrected chi connectivity index (χ4v) is 7.57. The van der Waals surface area contributed by atoms with Crippen LogP contribution in [-0.2, 0) is 27.1 Å².